The zero-order chi connectivity index (χ0) is 17.8. The van der Waals surface area contributed by atoms with E-state index in [2.05, 4.69) is 0 Å². The summed E-state index contributed by atoms with van der Waals surface area (Å²) in [5.74, 6) is 0.427. The molecule has 2 aromatic carbocycles. The predicted octanol–water partition coefficient (Wildman–Crippen LogP) is 4.52. The smallest absolute Gasteiger partial charge is 0.308 e. The van der Waals surface area contributed by atoms with E-state index < -0.39 is 0 Å². The van der Waals surface area contributed by atoms with Gasteiger partial charge in [0.1, 0.15) is 11.5 Å². The lowest BCUT2D eigenvalue weighted by Crippen LogP contribution is -2.04. The predicted molar refractivity (Wildman–Crippen MR) is 95.4 cm³/mol. The fourth-order valence-corrected chi connectivity index (χ4v) is 2.89. The van der Waals surface area contributed by atoms with Gasteiger partial charge in [0, 0.05) is 13.8 Å². The number of carbonyl (C=O) groups excluding carboxylic acids is 2. The average Bonchev–Trinajstić information content (AvgIpc) is 2.51. The molecule has 1 saturated carbocycles. The summed E-state index contributed by atoms with van der Waals surface area (Å²) in [6.45, 7) is 2.78. The first-order valence-corrected chi connectivity index (χ1v) is 8.32. The maximum absolute atomic E-state index is 11.1. The summed E-state index contributed by atoms with van der Waals surface area (Å²) in [4.78, 5) is 22.1. The molecule has 1 fully saturated rings. The van der Waals surface area contributed by atoms with Crippen LogP contribution in [-0.4, -0.2) is 11.9 Å². The zero-order valence-corrected chi connectivity index (χ0v) is 14.4. The van der Waals surface area contributed by atoms with E-state index >= 15 is 0 Å². The Labute approximate surface area is 147 Å². The van der Waals surface area contributed by atoms with Gasteiger partial charge in [0.2, 0.25) is 0 Å². The number of hydrogen-bond donors (Lipinski definition) is 0. The van der Waals surface area contributed by atoms with Crippen LogP contribution in [0.15, 0.2) is 54.1 Å². The van der Waals surface area contributed by atoms with Crippen LogP contribution in [0.4, 0.5) is 0 Å². The Kier molecular flexibility index (Phi) is 4.98. The molecule has 0 N–H and O–H groups in total. The molecule has 1 aliphatic carbocycles. The molecule has 128 valence electrons. The molecular weight excluding hydrogens is 316 g/mol. The van der Waals surface area contributed by atoms with Gasteiger partial charge in [0.15, 0.2) is 0 Å². The number of benzene rings is 2. The molecule has 0 amide bonds. The van der Waals surface area contributed by atoms with Gasteiger partial charge in [0.05, 0.1) is 0 Å². The summed E-state index contributed by atoms with van der Waals surface area (Å²) in [6, 6.07) is 15.1. The number of ether oxygens (including phenoxy) is 2. The Bertz CT molecular complexity index is 746. The van der Waals surface area contributed by atoms with E-state index in [1.165, 1.54) is 31.4 Å². The molecule has 0 unspecified atom stereocenters. The van der Waals surface area contributed by atoms with E-state index in [1.807, 2.05) is 48.5 Å². The molecule has 0 heterocycles. The third-order valence-electron chi connectivity index (χ3n) is 4.12. The van der Waals surface area contributed by atoms with Crippen LogP contribution in [0.3, 0.4) is 0 Å². The summed E-state index contributed by atoms with van der Waals surface area (Å²) < 4.78 is 10.2. The molecule has 0 aliphatic heterocycles. The van der Waals surface area contributed by atoms with Crippen molar-refractivity contribution in [2.75, 3.05) is 0 Å². The molecule has 4 nitrogen and oxygen atoms in total. The monoisotopic (exact) mass is 336 g/mol. The summed E-state index contributed by atoms with van der Waals surface area (Å²) in [7, 11) is 0. The first-order chi connectivity index (χ1) is 12.0. The molecular formula is C21H20O4. The number of allylic oxidation sites excluding steroid dienone is 1. The van der Waals surface area contributed by atoms with Gasteiger partial charge in [-0.2, -0.15) is 0 Å². The van der Waals surface area contributed by atoms with E-state index in [0.29, 0.717) is 11.5 Å². The van der Waals surface area contributed by atoms with Crippen molar-refractivity contribution in [1.29, 1.82) is 0 Å². The van der Waals surface area contributed by atoms with Crippen molar-refractivity contribution in [3.63, 3.8) is 0 Å². The van der Waals surface area contributed by atoms with Crippen molar-refractivity contribution in [2.45, 2.75) is 33.1 Å². The zero-order valence-electron chi connectivity index (χ0n) is 14.4. The molecule has 4 heteroatoms. The van der Waals surface area contributed by atoms with Crippen LogP contribution in [0.5, 0.6) is 11.5 Å². The highest BCUT2D eigenvalue weighted by Crippen LogP contribution is 2.38. The number of carbonyl (C=O) groups is 2. The second kappa shape index (κ2) is 7.34. The number of hydrogen-bond acceptors (Lipinski definition) is 4. The van der Waals surface area contributed by atoms with E-state index in [1.54, 1.807) is 0 Å². The third kappa shape index (κ3) is 4.15. The summed E-state index contributed by atoms with van der Waals surface area (Å²) in [5.41, 5.74) is 4.80. The number of rotatable bonds is 4. The molecule has 0 bridgehead atoms. The van der Waals surface area contributed by atoms with Crippen molar-refractivity contribution in [3.05, 3.63) is 65.2 Å². The van der Waals surface area contributed by atoms with Crippen LogP contribution >= 0.6 is 0 Å². The Balaban J connectivity index is 1.91. The van der Waals surface area contributed by atoms with E-state index in [0.717, 1.165) is 24.0 Å². The van der Waals surface area contributed by atoms with Crippen LogP contribution in [0.2, 0.25) is 0 Å². The molecule has 25 heavy (non-hydrogen) atoms. The van der Waals surface area contributed by atoms with Gasteiger partial charge in [0.25, 0.3) is 0 Å². The second-order valence-electron chi connectivity index (χ2n) is 6.07. The van der Waals surface area contributed by atoms with Gasteiger partial charge in [-0.15, -0.1) is 0 Å². The normalized spacial score (nSPS) is 13.0. The first-order valence-electron chi connectivity index (χ1n) is 8.32. The molecule has 1 aliphatic rings. The Hall–Kier alpha value is -2.88. The maximum atomic E-state index is 11.1. The highest BCUT2D eigenvalue weighted by atomic mass is 16.5. The standard InChI is InChI=1S/C21H20O4/c1-14(22)24-19-10-6-17(7-11-19)21(16-4-3-5-16)18-8-12-20(13-9-18)25-15(2)23/h6-13H,3-5H2,1-2H3. The Morgan fingerprint density at radius 1 is 0.720 bits per heavy atom. The Morgan fingerprint density at radius 2 is 1.12 bits per heavy atom. The van der Waals surface area contributed by atoms with Gasteiger partial charge in [-0.3, -0.25) is 9.59 Å². The minimum Gasteiger partial charge on any atom is -0.427 e. The van der Waals surface area contributed by atoms with Crippen molar-refractivity contribution in [2.24, 2.45) is 0 Å². The van der Waals surface area contributed by atoms with Gasteiger partial charge in [-0.25, -0.2) is 0 Å². The lowest BCUT2D eigenvalue weighted by atomic mass is 9.82. The van der Waals surface area contributed by atoms with Crippen molar-refractivity contribution >= 4 is 17.5 Å². The van der Waals surface area contributed by atoms with Gasteiger partial charge < -0.3 is 9.47 Å². The topological polar surface area (TPSA) is 52.6 Å². The SMILES string of the molecule is CC(=O)Oc1ccc(C(=C2CCC2)c2ccc(OC(C)=O)cc2)cc1. The van der Waals surface area contributed by atoms with E-state index in [-0.39, 0.29) is 11.9 Å². The van der Waals surface area contributed by atoms with Crippen LogP contribution in [-0.2, 0) is 9.59 Å². The van der Waals surface area contributed by atoms with Crippen molar-refractivity contribution < 1.29 is 19.1 Å². The molecule has 0 radical (unpaired) electrons. The maximum Gasteiger partial charge on any atom is 0.308 e. The largest absolute Gasteiger partial charge is 0.427 e. The average molecular weight is 336 g/mol. The lowest BCUT2D eigenvalue weighted by Gasteiger charge is -2.23. The van der Waals surface area contributed by atoms with Crippen molar-refractivity contribution in [3.8, 4) is 11.5 Å². The van der Waals surface area contributed by atoms with Crippen LogP contribution in [0.1, 0.15) is 44.2 Å². The summed E-state index contributed by atoms with van der Waals surface area (Å²) in [5, 5.41) is 0. The highest BCUT2D eigenvalue weighted by Gasteiger charge is 2.18. The highest BCUT2D eigenvalue weighted by molar-refractivity contribution is 5.83. The van der Waals surface area contributed by atoms with Crippen molar-refractivity contribution in [1.82, 2.24) is 0 Å². The van der Waals surface area contributed by atoms with Gasteiger partial charge in [-0.1, -0.05) is 29.8 Å². The quantitative estimate of drug-likeness (QED) is 0.608. The lowest BCUT2D eigenvalue weighted by molar-refractivity contribution is -0.132. The first kappa shape index (κ1) is 17.0. The van der Waals surface area contributed by atoms with Crippen LogP contribution < -0.4 is 9.47 Å². The third-order valence-corrected chi connectivity index (χ3v) is 4.12. The molecule has 2 aromatic rings. The Morgan fingerprint density at radius 3 is 1.40 bits per heavy atom. The van der Waals surface area contributed by atoms with Gasteiger partial charge >= 0.3 is 11.9 Å². The van der Waals surface area contributed by atoms with Crippen LogP contribution in [0.25, 0.3) is 5.57 Å². The molecule has 0 saturated heterocycles. The molecule has 0 spiro atoms. The molecule has 0 atom stereocenters. The minimum absolute atomic E-state index is 0.327. The van der Waals surface area contributed by atoms with E-state index in [4.69, 9.17) is 9.47 Å². The molecule has 0 aromatic heterocycles. The summed E-state index contributed by atoms with van der Waals surface area (Å²) >= 11 is 0. The summed E-state index contributed by atoms with van der Waals surface area (Å²) in [6.07, 6.45) is 3.38. The van der Waals surface area contributed by atoms with Gasteiger partial charge in [-0.05, 0) is 60.2 Å². The molecule has 3 rings (SSSR count). The fraction of sp³-hybridized carbons (Fsp3) is 0.238. The van der Waals surface area contributed by atoms with E-state index in [9.17, 15) is 9.59 Å². The number of esters is 2. The van der Waals surface area contributed by atoms with Crippen LogP contribution in [0, 0.1) is 0 Å². The second-order valence-corrected chi connectivity index (χ2v) is 6.07. The fourth-order valence-electron chi connectivity index (χ4n) is 2.89. The minimum atomic E-state index is -0.327.